The van der Waals surface area contributed by atoms with Crippen LogP contribution in [-0.4, -0.2) is 56.1 Å². The van der Waals surface area contributed by atoms with Crippen molar-refractivity contribution in [1.82, 2.24) is 24.5 Å². The van der Waals surface area contributed by atoms with Crippen molar-refractivity contribution >= 4 is 39.7 Å². The lowest BCUT2D eigenvalue weighted by molar-refractivity contribution is -0.140. The molecule has 1 atom stereocenters. The first kappa shape index (κ1) is 18.7. The van der Waals surface area contributed by atoms with Crippen molar-refractivity contribution < 1.29 is 4.79 Å². The van der Waals surface area contributed by atoms with Crippen LogP contribution < -0.4 is 4.90 Å². The Bertz CT molecular complexity index is 1260. The summed E-state index contributed by atoms with van der Waals surface area (Å²) in [6.45, 7) is 4.38. The topological polar surface area (TPSA) is 66.6 Å². The van der Waals surface area contributed by atoms with Crippen molar-refractivity contribution in [3.05, 3.63) is 41.8 Å². The molecule has 1 saturated carbocycles. The van der Waals surface area contributed by atoms with Crippen LogP contribution in [0.25, 0.3) is 27.3 Å². The van der Waals surface area contributed by atoms with Crippen LogP contribution in [0, 0.1) is 5.92 Å². The van der Waals surface area contributed by atoms with Gasteiger partial charge in [-0.2, -0.15) is 0 Å². The van der Waals surface area contributed by atoms with Gasteiger partial charge < -0.3 is 9.80 Å². The Morgan fingerprint density at radius 3 is 2.71 bits per heavy atom. The largest absolute Gasteiger partial charge is 0.338 e. The molecule has 7 nitrogen and oxygen atoms in total. The van der Waals surface area contributed by atoms with E-state index in [2.05, 4.69) is 42.8 Å². The molecule has 3 aromatic heterocycles. The summed E-state index contributed by atoms with van der Waals surface area (Å²) in [5, 5.41) is 12.1. The minimum atomic E-state index is 0.145. The van der Waals surface area contributed by atoms with Gasteiger partial charge in [0.1, 0.15) is 0 Å². The molecule has 1 aliphatic carbocycles. The summed E-state index contributed by atoms with van der Waals surface area (Å²) < 4.78 is 2.09. The molecule has 0 radical (unpaired) electrons. The Morgan fingerprint density at radius 2 is 1.97 bits per heavy atom. The molecule has 2 aliphatic rings. The third kappa shape index (κ3) is 3.00. The second-order valence-electron chi connectivity index (χ2n) is 8.54. The number of fused-ring (bicyclic) bond motifs is 3. The highest BCUT2D eigenvalue weighted by Gasteiger charge is 2.35. The average Bonchev–Trinajstić information content (AvgIpc) is 3.41. The van der Waals surface area contributed by atoms with Crippen molar-refractivity contribution in [3.8, 4) is 10.7 Å². The summed E-state index contributed by atoms with van der Waals surface area (Å²) in [4.78, 5) is 23.3. The summed E-state index contributed by atoms with van der Waals surface area (Å²) >= 11 is 1.65. The van der Waals surface area contributed by atoms with E-state index in [0.29, 0.717) is 5.91 Å². The third-order valence-corrected chi connectivity index (χ3v) is 7.48. The molecule has 31 heavy (non-hydrogen) atoms. The van der Waals surface area contributed by atoms with Gasteiger partial charge in [-0.05, 0) is 43.3 Å². The molecule has 1 aromatic carbocycles. The van der Waals surface area contributed by atoms with Gasteiger partial charge >= 0.3 is 0 Å². The molecule has 0 spiro atoms. The fraction of sp³-hybridized carbons (Fsp3) is 0.391. The van der Waals surface area contributed by atoms with E-state index in [1.54, 1.807) is 11.3 Å². The Kier molecular flexibility index (Phi) is 4.41. The summed E-state index contributed by atoms with van der Waals surface area (Å²) in [5.74, 6) is 2.24. The van der Waals surface area contributed by atoms with Gasteiger partial charge in [0.25, 0.3) is 0 Å². The first-order valence-electron chi connectivity index (χ1n) is 10.9. The zero-order chi connectivity index (χ0) is 20.9. The first-order valence-corrected chi connectivity index (χ1v) is 11.8. The van der Waals surface area contributed by atoms with Gasteiger partial charge in [0.15, 0.2) is 11.5 Å². The van der Waals surface area contributed by atoms with Gasteiger partial charge in [0.2, 0.25) is 11.9 Å². The zero-order valence-corrected chi connectivity index (χ0v) is 18.3. The maximum Gasteiger partial charge on any atom is 0.226 e. The van der Waals surface area contributed by atoms with Crippen LogP contribution >= 0.6 is 11.3 Å². The predicted octanol–water partition coefficient (Wildman–Crippen LogP) is 3.84. The number of thiophene rings is 1. The van der Waals surface area contributed by atoms with Gasteiger partial charge in [-0.1, -0.05) is 24.6 Å². The smallest absolute Gasteiger partial charge is 0.226 e. The number of hydrogen-bond acceptors (Lipinski definition) is 6. The number of amides is 1. The summed E-state index contributed by atoms with van der Waals surface area (Å²) in [7, 11) is 0. The van der Waals surface area contributed by atoms with Crippen molar-refractivity contribution in [2.45, 2.75) is 32.2 Å². The number of nitrogens with zero attached hydrogens (tertiary/aromatic N) is 6. The van der Waals surface area contributed by atoms with Gasteiger partial charge in [-0.3, -0.25) is 4.79 Å². The summed E-state index contributed by atoms with van der Waals surface area (Å²) in [6.07, 6.45) is 3.27. The van der Waals surface area contributed by atoms with E-state index in [1.807, 2.05) is 30.3 Å². The quantitative estimate of drug-likeness (QED) is 0.492. The molecule has 4 heterocycles. The number of carbonyl (C=O) groups excluding carboxylic acids is 1. The second-order valence-corrected chi connectivity index (χ2v) is 9.49. The van der Waals surface area contributed by atoms with E-state index in [-0.39, 0.29) is 12.0 Å². The third-order valence-electron chi connectivity index (χ3n) is 6.62. The lowest BCUT2D eigenvalue weighted by atomic mass is 9.84. The van der Waals surface area contributed by atoms with Crippen LogP contribution in [0.1, 0.15) is 26.2 Å². The molecule has 0 unspecified atom stereocenters. The number of anilines is 1. The molecular formula is C23H24N6OS. The maximum absolute atomic E-state index is 12.9. The number of rotatable bonds is 3. The van der Waals surface area contributed by atoms with E-state index in [1.165, 1.54) is 6.42 Å². The zero-order valence-electron chi connectivity index (χ0n) is 17.4. The number of hydrogen-bond donors (Lipinski definition) is 0. The Labute approximate surface area is 184 Å². The van der Waals surface area contributed by atoms with Gasteiger partial charge in [-0.25, -0.2) is 9.38 Å². The molecule has 158 valence electrons. The van der Waals surface area contributed by atoms with Gasteiger partial charge in [-0.15, -0.1) is 21.5 Å². The Balaban J connectivity index is 1.43. The molecular weight excluding hydrogens is 408 g/mol. The molecule has 1 amide bonds. The standard InChI is InChI=1S/C23H24N6OS/c1-15-14-27(11-12-28(15)22(30)16-6-4-7-16)23-24-18-9-3-2-8-17(18)20-25-26-21(29(20)23)19-10-5-13-31-19/h2-3,5,8-10,13,15-16H,4,6-7,11-12,14H2,1H3/t15-/m1/s1. The molecule has 0 N–H and O–H groups in total. The van der Waals surface area contributed by atoms with E-state index in [9.17, 15) is 4.79 Å². The molecule has 1 saturated heterocycles. The van der Waals surface area contributed by atoms with E-state index >= 15 is 0 Å². The Hall–Kier alpha value is -3.00. The van der Waals surface area contributed by atoms with Crippen LogP contribution in [0.3, 0.4) is 0 Å². The SMILES string of the molecule is C[C@@H]1CN(c2nc3ccccc3c3nnc(-c4cccs4)n23)CCN1C(=O)C1CCC1. The van der Waals surface area contributed by atoms with E-state index in [4.69, 9.17) is 4.98 Å². The number of aromatic nitrogens is 4. The van der Waals surface area contributed by atoms with E-state index < -0.39 is 0 Å². The molecule has 8 heteroatoms. The monoisotopic (exact) mass is 432 g/mol. The molecule has 2 fully saturated rings. The highest BCUT2D eigenvalue weighted by atomic mass is 32.1. The van der Waals surface area contributed by atoms with Crippen LogP contribution in [-0.2, 0) is 4.79 Å². The minimum Gasteiger partial charge on any atom is -0.338 e. The van der Waals surface area contributed by atoms with Crippen molar-refractivity contribution in [3.63, 3.8) is 0 Å². The molecule has 0 bridgehead atoms. The lowest BCUT2D eigenvalue weighted by Gasteiger charge is -2.43. The average molecular weight is 433 g/mol. The maximum atomic E-state index is 12.9. The van der Waals surface area contributed by atoms with Crippen LogP contribution in [0.4, 0.5) is 5.95 Å². The normalized spacial score (nSPS) is 19.8. The van der Waals surface area contributed by atoms with Crippen molar-refractivity contribution in [2.24, 2.45) is 5.92 Å². The number of benzene rings is 1. The highest BCUT2D eigenvalue weighted by molar-refractivity contribution is 7.13. The first-order chi connectivity index (χ1) is 15.2. The van der Waals surface area contributed by atoms with Gasteiger partial charge in [0, 0.05) is 37.0 Å². The number of carbonyl (C=O) groups is 1. The molecule has 6 rings (SSSR count). The summed E-state index contributed by atoms with van der Waals surface area (Å²) in [6, 6.07) is 12.3. The molecule has 4 aromatic rings. The lowest BCUT2D eigenvalue weighted by Crippen LogP contribution is -2.56. The fourth-order valence-corrected chi connectivity index (χ4v) is 5.40. The number of para-hydroxylation sites is 1. The minimum absolute atomic E-state index is 0.145. The van der Waals surface area contributed by atoms with Gasteiger partial charge in [0.05, 0.1) is 10.4 Å². The predicted molar refractivity (Wildman–Crippen MR) is 122 cm³/mol. The highest BCUT2D eigenvalue weighted by Crippen LogP contribution is 2.33. The summed E-state index contributed by atoms with van der Waals surface area (Å²) in [5.41, 5.74) is 1.74. The molecule has 1 aliphatic heterocycles. The fourth-order valence-electron chi connectivity index (χ4n) is 4.70. The van der Waals surface area contributed by atoms with Crippen molar-refractivity contribution in [2.75, 3.05) is 24.5 Å². The van der Waals surface area contributed by atoms with Crippen LogP contribution in [0.15, 0.2) is 41.8 Å². The van der Waals surface area contributed by atoms with E-state index in [0.717, 1.165) is 65.7 Å². The van der Waals surface area contributed by atoms with Crippen molar-refractivity contribution in [1.29, 1.82) is 0 Å². The Morgan fingerprint density at radius 1 is 1.10 bits per heavy atom. The van der Waals surface area contributed by atoms with Crippen LogP contribution in [0.2, 0.25) is 0 Å². The number of piperazine rings is 1. The second kappa shape index (κ2) is 7.30. The van der Waals surface area contributed by atoms with Crippen LogP contribution in [0.5, 0.6) is 0 Å².